The Bertz CT molecular complexity index is 397. The zero-order valence-corrected chi connectivity index (χ0v) is 11.2. The van der Waals surface area contributed by atoms with E-state index in [0.717, 1.165) is 37.4 Å². The van der Waals surface area contributed by atoms with Crippen molar-refractivity contribution in [1.29, 1.82) is 0 Å². The summed E-state index contributed by atoms with van der Waals surface area (Å²) in [5.74, 6) is 0.367. The van der Waals surface area contributed by atoms with Crippen LogP contribution in [0, 0.1) is 5.92 Å². The van der Waals surface area contributed by atoms with Crippen LogP contribution in [0.25, 0.3) is 0 Å². The molecule has 0 aromatic carbocycles. The molecule has 7 heteroatoms. The number of carbonyl (C=O) groups excluding carboxylic acids is 1. The fourth-order valence-electron chi connectivity index (χ4n) is 1.98. The molecule has 0 saturated carbocycles. The van der Waals surface area contributed by atoms with Crippen molar-refractivity contribution >= 4 is 28.8 Å². The minimum absolute atomic E-state index is 0.177. The van der Waals surface area contributed by atoms with E-state index >= 15 is 0 Å². The van der Waals surface area contributed by atoms with Gasteiger partial charge in [0.2, 0.25) is 9.47 Å². The first kappa shape index (κ1) is 12.7. The van der Waals surface area contributed by atoms with Crippen LogP contribution in [0.2, 0.25) is 4.47 Å². The number of aromatic nitrogens is 2. The van der Waals surface area contributed by atoms with Crippen LogP contribution in [0.4, 0.5) is 0 Å². The van der Waals surface area contributed by atoms with Gasteiger partial charge in [-0.05, 0) is 37.0 Å². The summed E-state index contributed by atoms with van der Waals surface area (Å²) in [6.07, 6.45) is 1.14. The van der Waals surface area contributed by atoms with Gasteiger partial charge >= 0.3 is 0 Å². The number of nitrogens with one attached hydrogen (secondary N) is 1. The Labute approximate surface area is 109 Å². The predicted molar refractivity (Wildman–Crippen MR) is 67.5 cm³/mol. The fourth-order valence-corrected chi connectivity index (χ4v) is 2.72. The summed E-state index contributed by atoms with van der Waals surface area (Å²) in [4.78, 5) is 14.1. The number of halogens is 1. The first-order chi connectivity index (χ1) is 8.19. The van der Waals surface area contributed by atoms with Gasteiger partial charge in [0, 0.05) is 13.1 Å². The molecule has 2 heterocycles. The number of likely N-dealkylation sites (tertiary alicyclic amines) is 1. The molecule has 1 amide bonds. The molecule has 1 aliphatic rings. The van der Waals surface area contributed by atoms with Crippen molar-refractivity contribution in [3.05, 3.63) is 9.47 Å². The van der Waals surface area contributed by atoms with Crippen molar-refractivity contribution in [3.63, 3.8) is 0 Å². The van der Waals surface area contributed by atoms with E-state index in [2.05, 4.69) is 27.3 Å². The maximum Gasteiger partial charge on any atom is 0.282 e. The summed E-state index contributed by atoms with van der Waals surface area (Å²) in [7, 11) is 0. The molecule has 94 valence electrons. The highest BCUT2D eigenvalue weighted by Crippen LogP contribution is 2.16. The Morgan fingerprint density at radius 1 is 1.65 bits per heavy atom. The van der Waals surface area contributed by atoms with Gasteiger partial charge < -0.3 is 10.2 Å². The van der Waals surface area contributed by atoms with Gasteiger partial charge in [0.25, 0.3) is 5.91 Å². The molecule has 1 aromatic heterocycles. The topological polar surface area (TPSA) is 58.1 Å². The quantitative estimate of drug-likeness (QED) is 0.898. The standard InChI is InChI=1S/C10H15ClN4OS/c1-2-15-4-3-7(6-15)5-12-8(16)9-13-14-10(11)17-9/h7H,2-6H2,1H3,(H,12,16). The van der Waals surface area contributed by atoms with Gasteiger partial charge in [0.15, 0.2) is 0 Å². The second-order valence-corrected chi connectivity index (χ2v) is 5.68. The molecule has 1 aromatic rings. The Hall–Kier alpha value is -0.720. The number of hydrogen-bond donors (Lipinski definition) is 1. The van der Waals surface area contributed by atoms with Crippen molar-refractivity contribution in [1.82, 2.24) is 20.4 Å². The average Bonchev–Trinajstić information content (AvgIpc) is 2.94. The fraction of sp³-hybridized carbons (Fsp3) is 0.700. The van der Waals surface area contributed by atoms with Crippen LogP contribution in [-0.4, -0.2) is 47.2 Å². The average molecular weight is 275 g/mol. The lowest BCUT2D eigenvalue weighted by molar-refractivity contribution is 0.0946. The van der Waals surface area contributed by atoms with Gasteiger partial charge in [-0.25, -0.2) is 0 Å². The molecule has 0 spiro atoms. The molecule has 1 N–H and O–H groups in total. The van der Waals surface area contributed by atoms with Crippen LogP contribution in [0.1, 0.15) is 23.1 Å². The van der Waals surface area contributed by atoms with E-state index in [1.165, 1.54) is 0 Å². The smallest absolute Gasteiger partial charge is 0.282 e. The minimum Gasteiger partial charge on any atom is -0.350 e. The third-order valence-electron chi connectivity index (χ3n) is 2.96. The lowest BCUT2D eigenvalue weighted by Gasteiger charge is -2.13. The van der Waals surface area contributed by atoms with Crippen LogP contribution in [0.5, 0.6) is 0 Å². The number of hydrogen-bond acceptors (Lipinski definition) is 5. The maximum atomic E-state index is 11.7. The SMILES string of the molecule is CCN1CCC(CNC(=O)c2nnc(Cl)s2)C1. The third kappa shape index (κ3) is 3.37. The molecule has 0 aliphatic carbocycles. The summed E-state index contributed by atoms with van der Waals surface area (Å²) in [6, 6.07) is 0. The normalized spacial score (nSPS) is 20.7. The lowest BCUT2D eigenvalue weighted by atomic mass is 10.1. The van der Waals surface area contributed by atoms with Crippen LogP contribution < -0.4 is 5.32 Å². The molecule has 1 atom stereocenters. The van der Waals surface area contributed by atoms with Crippen LogP contribution >= 0.6 is 22.9 Å². The number of nitrogens with zero attached hydrogens (tertiary/aromatic N) is 3. The predicted octanol–water partition coefficient (Wildman–Crippen LogP) is 1.26. The van der Waals surface area contributed by atoms with Gasteiger partial charge in [0.1, 0.15) is 0 Å². The number of carbonyl (C=O) groups is 1. The van der Waals surface area contributed by atoms with E-state index in [0.29, 0.717) is 21.9 Å². The monoisotopic (exact) mass is 274 g/mol. The number of amides is 1. The van der Waals surface area contributed by atoms with E-state index < -0.39 is 0 Å². The van der Waals surface area contributed by atoms with Gasteiger partial charge in [-0.3, -0.25) is 4.79 Å². The largest absolute Gasteiger partial charge is 0.350 e. The van der Waals surface area contributed by atoms with E-state index in [-0.39, 0.29) is 5.91 Å². The molecule has 0 bridgehead atoms. The summed E-state index contributed by atoms with van der Waals surface area (Å²) < 4.78 is 0.299. The summed E-state index contributed by atoms with van der Waals surface area (Å²) in [5, 5.41) is 10.5. The zero-order valence-electron chi connectivity index (χ0n) is 9.65. The highest BCUT2D eigenvalue weighted by Gasteiger charge is 2.22. The third-order valence-corrected chi connectivity index (χ3v) is 3.98. The van der Waals surface area contributed by atoms with Crippen LogP contribution in [0.15, 0.2) is 0 Å². The number of rotatable bonds is 4. The highest BCUT2D eigenvalue weighted by molar-refractivity contribution is 7.17. The first-order valence-corrected chi connectivity index (χ1v) is 6.88. The highest BCUT2D eigenvalue weighted by atomic mass is 35.5. The second-order valence-electron chi connectivity index (χ2n) is 4.12. The van der Waals surface area contributed by atoms with Crippen LogP contribution in [0.3, 0.4) is 0 Å². The van der Waals surface area contributed by atoms with E-state index in [4.69, 9.17) is 11.6 Å². The van der Waals surface area contributed by atoms with Gasteiger partial charge in [-0.2, -0.15) is 0 Å². The van der Waals surface area contributed by atoms with Crippen molar-refractivity contribution in [3.8, 4) is 0 Å². The summed E-state index contributed by atoms with van der Waals surface area (Å²) in [6.45, 7) is 6.13. The Morgan fingerprint density at radius 2 is 2.47 bits per heavy atom. The maximum absolute atomic E-state index is 11.7. The van der Waals surface area contributed by atoms with Crippen molar-refractivity contribution < 1.29 is 4.79 Å². The second kappa shape index (κ2) is 5.75. The molecule has 1 aliphatic heterocycles. The zero-order chi connectivity index (χ0) is 12.3. The van der Waals surface area contributed by atoms with Crippen LogP contribution in [-0.2, 0) is 0 Å². The Balaban J connectivity index is 1.77. The minimum atomic E-state index is -0.177. The molecule has 5 nitrogen and oxygen atoms in total. The first-order valence-electron chi connectivity index (χ1n) is 5.68. The Kier molecular flexibility index (Phi) is 4.31. The van der Waals surface area contributed by atoms with E-state index in [9.17, 15) is 4.79 Å². The Morgan fingerprint density at radius 3 is 3.06 bits per heavy atom. The molecular weight excluding hydrogens is 260 g/mol. The lowest BCUT2D eigenvalue weighted by Crippen LogP contribution is -2.30. The van der Waals surface area contributed by atoms with Gasteiger partial charge in [0.05, 0.1) is 0 Å². The summed E-state index contributed by atoms with van der Waals surface area (Å²) in [5.41, 5.74) is 0. The molecular formula is C10H15ClN4OS. The molecule has 1 unspecified atom stereocenters. The molecule has 17 heavy (non-hydrogen) atoms. The molecule has 2 rings (SSSR count). The van der Waals surface area contributed by atoms with Gasteiger partial charge in [-0.15, -0.1) is 10.2 Å². The molecule has 1 fully saturated rings. The van der Waals surface area contributed by atoms with Crippen molar-refractivity contribution in [2.45, 2.75) is 13.3 Å². The van der Waals surface area contributed by atoms with Gasteiger partial charge in [-0.1, -0.05) is 18.3 Å². The summed E-state index contributed by atoms with van der Waals surface area (Å²) >= 11 is 6.73. The molecule has 0 radical (unpaired) electrons. The van der Waals surface area contributed by atoms with Crippen molar-refractivity contribution in [2.75, 3.05) is 26.2 Å². The van der Waals surface area contributed by atoms with E-state index in [1.807, 2.05) is 0 Å². The molecule has 1 saturated heterocycles. The van der Waals surface area contributed by atoms with Crippen molar-refractivity contribution in [2.24, 2.45) is 5.92 Å². The van der Waals surface area contributed by atoms with E-state index in [1.54, 1.807) is 0 Å².